The summed E-state index contributed by atoms with van der Waals surface area (Å²) in [5, 5.41) is 3.93. The molecule has 0 aliphatic carbocycles. The van der Waals surface area contributed by atoms with Crippen LogP contribution in [0.3, 0.4) is 0 Å². The third kappa shape index (κ3) is 4.80. The van der Waals surface area contributed by atoms with Gasteiger partial charge in [0.25, 0.3) is 5.91 Å². The van der Waals surface area contributed by atoms with Crippen LogP contribution in [0.15, 0.2) is 52.9 Å². The van der Waals surface area contributed by atoms with Gasteiger partial charge in [0.15, 0.2) is 6.61 Å². The lowest BCUT2D eigenvalue weighted by Gasteiger charge is -2.09. The molecule has 1 amide bonds. The molecule has 0 atom stereocenters. The van der Waals surface area contributed by atoms with E-state index in [2.05, 4.69) is 5.32 Å². The lowest BCUT2D eigenvalue weighted by atomic mass is 10.1. The van der Waals surface area contributed by atoms with Crippen LogP contribution in [0.5, 0.6) is 5.75 Å². The zero-order chi connectivity index (χ0) is 19.2. The van der Waals surface area contributed by atoms with Crippen molar-refractivity contribution in [1.82, 2.24) is 5.32 Å². The second kappa shape index (κ2) is 8.60. The number of nitrogens with one attached hydrogen (secondary N) is 1. The molecule has 0 radical (unpaired) electrons. The smallest absolute Gasteiger partial charge is 0.374 e. The summed E-state index contributed by atoms with van der Waals surface area (Å²) in [5.41, 5.74) is 1.51. The van der Waals surface area contributed by atoms with Gasteiger partial charge < -0.3 is 19.2 Å². The van der Waals surface area contributed by atoms with Crippen molar-refractivity contribution in [2.75, 3.05) is 20.3 Å². The Morgan fingerprint density at radius 2 is 1.96 bits per heavy atom. The van der Waals surface area contributed by atoms with Gasteiger partial charge in [-0.25, -0.2) is 4.79 Å². The average Bonchev–Trinajstić information content (AvgIpc) is 3.09. The van der Waals surface area contributed by atoms with Crippen molar-refractivity contribution in [3.63, 3.8) is 0 Å². The van der Waals surface area contributed by atoms with Gasteiger partial charge in [-0.05, 0) is 42.3 Å². The Bertz CT molecular complexity index is 966. The predicted molar refractivity (Wildman–Crippen MR) is 101 cm³/mol. The Kier molecular flexibility index (Phi) is 5.98. The lowest BCUT2D eigenvalue weighted by molar-refractivity contribution is -0.124. The van der Waals surface area contributed by atoms with Gasteiger partial charge in [0, 0.05) is 17.0 Å². The molecule has 7 heteroatoms. The molecule has 6 nitrogen and oxygen atoms in total. The Morgan fingerprint density at radius 1 is 1.15 bits per heavy atom. The van der Waals surface area contributed by atoms with Crippen LogP contribution < -0.4 is 10.1 Å². The molecule has 27 heavy (non-hydrogen) atoms. The molecule has 0 bridgehead atoms. The molecule has 3 aromatic rings. The molecule has 0 spiro atoms. The third-order valence-corrected chi connectivity index (χ3v) is 4.16. The molecule has 0 unspecified atom stereocenters. The summed E-state index contributed by atoms with van der Waals surface area (Å²) in [6.45, 7) is 0.0163. The molecular formula is C20H18ClNO5. The first-order valence-electron chi connectivity index (χ1n) is 8.31. The summed E-state index contributed by atoms with van der Waals surface area (Å²) in [5.74, 6) is -0.308. The fraction of sp³-hybridized carbons (Fsp3) is 0.200. The van der Waals surface area contributed by atoms with E-state index in [1.807, 2.05) is 24.3 Å². The normalized spacial score (nSPS) is 10.6. The summed E-state index contributed by atoms with van der Waals surface area (Å²) in [4.78, 5) is 23.9. The fourth-order valence-corrected chi connectivity index (χ4v) is 2.79. The molecule has 0 saturated carbocycles. The predicted octanol–water partition coefficient (Wildman–Crippen LogP) is 3.61. The highest BCUT2D eigenvalue weighted by atomic mass is 35.5. The first kappa shape index (κ1) is 18.8. The highest BCUT2D eigenvalue weighted by Crippen LogP contribution is 2.23. The van der Waals surface area contributed by atoms with Gasteiger partial charge in [-0.3, -0.25) is 4.79 Å². The number of para-hydroxylation sites is 1. The number of carbonyl (C=O) groups excluding carboxylic acids is 2. The van der Waals surface area contributed by atoms with Crippen molar-refractivity contribution in [2.45, 2.75) is 6.42 Å². The van der Waals surface area contributed by atoms with E-state index in [0.717, 1.165) is 11.3 Å². The van der Waals surface area contributed by atoms with E-state index >= 15 is 0 Å². The number of carbonyl (C=O) groups is 2. The van der Waals surface area contributed by atoms with Crippen molar-refractivity contribution in [2.24, 2.45) is 0 Å². The van der Waals surface area contributed by atoms with Gasteiger partial charge in [0.2, 0.25) is 5.76 Å². The number of hydrogen-bond acceptors (Lipinski definition) is 5. The maximum atomic E-state index is 12.0. The summed E-state index contributed by atoms with van der Waals surface area (Å²) < 4.78 is 15.7. The van der Waals surface area contributed by atoms with E-state index in [-0.39, 0.29) is 12.4 Å². The van der Waals surface area contributed by atoms with Crippen LogP contribution in [0.4, 0.5) is 0 Å². The molecule has 0 aliphatic heterocycles. The Morgan fingerprint density at radius 3 is 2.78 bits per heavy atom. The summed E-state index contributed by atoms with van der Waals surface area (Å²) in [6.07, 6.45) is 0.605. The minimum atomic E-state index is -0.706. The average molecular weight is 388 g/mol. The third-order valence-electron chi connectivity index (χ3n) is 3.92. The van der Waals surface area contributed by atoms with Crippen LogP contribution in [0.1, 0.15) is 16.1 Å². The molecule has 1 N–H and O–H groups in total. The van der Waals surface area contributed by atoms with Gasteiger partial charge in [-0.15, -0.1) is 0 Å². The first-order valence-corrected chi connectivity index (χ1v) is 8.69. The number of methoxy groups -OCH3 is 1. The van der Waals surface area contributed by atoms with Crippen molar-refractivity contribution in [3.8, 4) is 5.75 Å². The standard InChI is InChI=1S/C20H18ClNO5/c1-25-16-5-3-2-4-13(16)8-9-22-19(23)12-26-20(24)18-11-14-10-15(21)6-7-17(14)27-18/h2-7,10-11H,8-9,12H2,1H3,(H,22,23). The molecular weight excluding hydrogens is 370 g/mol. The van der Waals surface area contributed by atoms with Gasteiger partial charge in [-0.2, -0.15) is 0 Å². The monoisotopic (exact) mass is 387 g/mol. The van der Waals surface area contributed by atoms with Crippen molar-refractivity contribution in [1.29, 1.82) is 0 Å². The molecule has 1 heterocycles. The number of rotatable bonds is 7. The number of benzene rings is 2. The van der Waals surface area contributed by atoms with Crippen molar-refractivity contribution >= 4 is 34.4 Å². The minimum Gasteiger partial charge on any atom is -0.496 e. The second-order valence-corrected chi connectivity index (χ2v) is 6.22. The number of halogens is 1. The maximum absolute atomic E-state index is 12.0. The van der Waals surface area contributed by atoms with Crippen LogP contribution in [0.2, 0.25) is 5.02 Å². The van der Waals surface area contributed by atoms with Gasteiger partial charge in [0.05, 0.1) is 7.11 Å². The highest BCUT2D eigenvalue weighted by molar-refractivity contribution is 6.31. The van der Waals surface area contributed by atoms with Crippen LogP contribution >= 0.6 is 11.6 Å². The van der Waals surface area contributed by atoms with E-state index < -0.39 is 11.9 Å². The largest absolute Gasteiger partial charge is 0.496 e. The van der Waals surface area contributed by atoms with Crippen LogP contribution in [0.25, 0.3) is 11.0 Å². The van der Waals surface area contributed by atoms with Crippen molar-refractivity contribution in [3.05, 3.63) is 64.9 Å². The van der Waals surface area contributed by atoms with Gasteiger partial charge in [-0.1, -0.05) is 29.8 Å². The first-order chi connectivity index (χ1) is 13.1. The fourth-order valence-electron chi connectivity index (χ4n) is 2.61. The summed E-state index contributed by atoms with van der Waals surface area (Å²) in [7, 11) is 1.60. The van der Waals surface area contributed by atoms with Crippen LogP contribution in [-0.4, -0.2) is 32.1 Å². The molecule has 0 fully saturated rings. The Balaban J connectivity index is 1.47. The molecule has 3 rings (SSSR count). The number of hydrogen-bond donors (Lipinski definition) is 1. The topological polar surface area (TPSA) is 77.8 Å². The number of ether oxygens (including phenoxy) is 2. The van der Waals surface area contributed by atoms with Gasteiger partial charge in [0.1, 0.15) is 11.3 Å². The quantitative estimate of drug-likeness (QED) is 0.626. The molecule has 0 saturated heterocycles. The van der Waals surface area contributed by atoms with Crippen LogP contribution in [-0.2, 0) is 16.0 Å². The number of esters is 1. The van der Waals surface area contributed by atoms with E-state index in [0.29, 0.717) is 29.0 Å². The van der Waals surface area contributed by atoms with E-state index in [9.17, 15) is 9.59 Å². The second-order valence-electron chi connectivity index (χ2n) is 5.78. The molecule has 140 valence electrons. The zero-order valence-corrected chi connectivity index (χ0v) is 15.4. The summed E-state index contributed by atoms with van der Waals surface area (Å²) >= 11 is 5.90. The minimum absolute atomic E-state index is 0.0223. The molecule has 1 aromatic heterocycles. The van der Waals surface area contributed by atoms with E-state index in [1.165, 1.54) is 6.07 Å². The van der Waals surface area contributed by atoms with E-state index in [1.54, 1.807) is 25.3 Å². The maximum Gasteiger partial charge on any atom is 0.374 e. The Labute approximate surface area is 161 Å². The zero-order valence-electron chi connectivity index (χ0n) is 14.7. The lowest BCUT2D eigenvalue weighted by Crippen LogP contribution is -2.30. The number of furan rings is 1. The Hall–Kier alpha value is -2.99. The van der Waals surface area contributed by atoms with Crippen LogP contribution in [0, 0.1) is 0 Å². The summed E-state index contributed by atoms with van der Waals surface area (Å²) in [6, 6.07) is 14.1. The molecule has 0 aliphatic rings. The highest BCUT2D eigenvalue weighted by Gasteiger charge is 2.15. The van der Waals surface area contributed by atoms with Gasteiger partial charge >= 0.3 is 5.97 Å². The SMILES string of the molecule is COc1ccccc1CCNC(=O)COC(=O)c1cc2cc(Cl)ccc2o1. The van der Waals surface area contributed by atoms with Crippen molar-refractivity contribution < 1.29 is 23.5 Å². The molecule has 2 aromatic carbocycles. The van der Waals surface area contributed by atoms with E-state index in [4.69, 9.17) is 25.5 Å². The number of amides is 1. The number of fused-ring (bicyclic) bond motifs is 1.